The number of fused-ring (bicyclic) bond motifs is 1. The molecule has 5 rings (SSSR count). The summed E-state index contributed by atoms with van der Waals surface area (Å²) in [6.45, 7) is 1.30. The summed E-state index contributed by atoms with van der Waals surface area (Å²) in [5.41, 5.74) is 4.82. The molecule has 1 amide bonds. The molecule has 3 heterocycles. The molecule has 2 fully saturated rings. The molecule has 0 bridgehead atoms. The van der Waals surface area contributed by atoms with E-state index in [1.165, 1.54) is 18.2 Å². The maximum Gasteiger partial charge on any atom is 0.274 e. The third-order valence-electron chi connectivity index (χ3n) is 6.93. The molecule has 2 aromatic rings. The van der Waals surface area contributed by atoms with Crippen molar-refractivity contribution in [3.63, 3.8) is 0 Å². The van der Waals surface area contributed by atoms with E-state index in [0.717, 1.165) is 31.2 Å². The van der Waals surface area contributed by atoms with Crippen LogP contribution in [0.2, 0.25) is 0 Å². The number of anilines is 1. The summed E-state index contributed by atoms with van der Waals surface area (Å²) >= 11 is 0. The third kappa shape index (κ3) is 3.17. The smallest absolute Gasteiger partial charge is 0.274 e. The Morgan fingerprint density at radius 3 is 2.67 bits per heavy atom. The van der Waals surface area contributed by atoms with Gasteiger partial charge in [-0.05, 0) is 56.0 Å². The van der Waals surface area contributed by atoms with Crippen molar-refractivity contribution in [2.45, 2.75) is 35.3 Å². The topological polar surface area (TPSA) is 124 Å². The quantitative estimate of drug-likeness (QED) is 0.697. The van der Waals surface area contributed by atoms with Crippen LogP contribution in [-0.2, 0) is 20.1 Å². The molecule has 33 heavy (non-hydrogen) atoms. The van der Waals surface area contributed by atoms with Crippen molar-refractivity contribution in [3.05, 3.63) is 59.4 Å². The standard InChI is InChI=1S/C22H22F2N4O4S/c1-21(12-2-3-12)20(25)28-22(11-32-10-18(22)33(21,30)31)15-8-14(5-6-16(15)24)27-19(29)17-7-4-13(23)9-26-17/h4-9,12,18H,2-3,10-11H2,1H3,(H2,25,28)(H,27,29)/t18-,21+,22-/m1/s1. The summed E-state index contributed by atoms with van der Waals surface area (Å²) in [6.07, 6.45) is 2.38. The number of halogens is 2. The second-order valence-corrected chi connectivity index (χ2v) is 11.4. The minimum absolute atomic E-state index is 0.0285. The molecule has 11 heteroatoms. The van der Waals surface area contributed by atoms with E-state index in [1.807, 2.05) is 0 Å². The number of hydrogen-bond acceptors (Lipinski definition) is 7. The van der Waals surface area contributed by atoms with E-state index in [2.05, 4.69) is 15.3 Å². The largest absolute Gasteiger partial charge is 0.386 e. The van der Waals surface area contributed by atoms with Crippen LogP contribution >= 0.6 is 0 Å². The fourth-order valence-electron chi connectivity index (χ4n) is 4.80. The molecular formula is C22H22F2N4O4S. The van der Waals surface area contributed by atoms with Gasteiger partial charge in [0.2, 0.25) is 0 Å². The molecule has 3 atom stereocenters. The molecular weight excluding hydrogens is 454 g/mol. The van der Waals surface area contributed by atoms with Gasteiger partial charge >= 0.3 is 0 Å². The molecule has 1 aromatic carbocycles. The molecule has 2 aliphatic heterocycles. The van der Waals surface area contributed by atoms with Crippen molar-refractivity contribution in [1.29, 1.82) is 0 Å². The highest BCUT2D eigenvalue weighted by atomic mass is 32.2. The van der Waals surface area contributed by atoms with E-state index in [9.17, 15) is 17.6 Å². The van der Waals surface area contributed by atoms with Crippen LogP contribution in [0.4, 0.5) is 14.5 Å². The first-order valence-electron chi connectivity index (χ1n) is 10.5. The average molecular weight is 477 g/mol. The Morgan fingerprint density at radius 1 is 1.24 bits per heavy atom. The average Bonchev–Trinajstić information content (AvgIpc) is 3.54. The lowest BCUT2D eigenvalue weighted by atomic mass is 9.87. The molecule has 0 spiro atoms. The molecule has 1 aromatic heterocycles. The highest BCUT2D eigenvalue weighted by molar-refractivity contribution is 7.94. The highest BCUT2D eigenvalue weighted by Gasteiger charge is 2.66. The van der Waals surface area contributed by atoms with Crippen molar-refractivity contribution in [1.82, 2.24) is 4.98 Å². The molecule has 174 valence electrons. The Labute approximate surface area is 189 Å². The van der Waals surface area contributed by atoms with Crippen molar-refractivity contribution >= 4 is 27.3 Å². The van der Waals surface area contributed by atoms with E-state index >= 15 is 4.39 Å². The van der Waals surface area contributed by atoms with Gasteiger partial charge in [-0.15, -0.1) is 0 Å². The summed E-state index contributed by atoms with van der Waals surface area (Å²) in [6, 6.07) is 6.11. The highest BCUT2D eigenvalue weighted by Crippen LogP contribution is 2.53. The summed E-state index contributed by atoms with van der Waals surface area (Å²) in [5, 5.41) is 1.47. The number of pyridine rings is 1. The second-order valence-electron chi connectivity index (χ2n) is 8.86. The van der Waals surface area contributed by atoms with Gasteiger partial charge in [0.1, 0.15) is 38.7 Å². The third-order valence-corrected chi connectivity index (χ3v) is 9.92. The second kappa shape index (κ2) is 7.29. The summed E-state index contributed by atoms with van der Waals surface area (Å²) < 4.78 is 59.8. The van der Waals surface area contributed by atoms with Gasteiger partial charge in [-0.3, -0.25) is 9.79 Å². The number of sulfone groups is 1. The molecule has 0 radical (unpaired) electrons. The van der Waals surface area contributed by atoms with Crippen LogP contribution in [0.15, 0.2) is 41.5 Å². The first-order chi connectivity index (χ1) is 15.6. The zero-order chi connectivity index (χ0) is 23.6. The van der Waals surface area contributed by atoms with Gasteiger partial charge in [0.05, 0.1) is 19.4 Å². The predicted molar refractivity (Wildman–Crippen MR) is 117 cm³/mol. The van der Waals surface area contributed by atoms with E-state index < -0.39 is 42.9 Å². The van der Waals surface area contributed by atoms with Crippen LogP contribution in [-0.4, -0.2) is 48.4 Å². The number of amides is 1. The number of hydrogen-bond donors (Lipinski definition) is 2. The van der Waals surface area contributed by atoms with Crippen LogP contribution in [0, 0.1) is 17.6 Å². The van der Waals surface area contributed by atoms with Gasteiger partial charge < -0.3 is 15.8 Å². The van der Waals surface area contributed by atoms with E-state index in [4.69, 9.17) is 10.5 Å². The summed E-state index contributed by atoms with van der Waals surface area (Å²) in [4.78, 5) is 20.8. The maximum atomic E-state index is 15.1. The Morgan fingerprint density at radius 2 is 2.00 bits per heavy atom. The Bertz CT molecular complexity index is 1280. The van der Waals surface area contributed by atoms with Gasteiger partial charge in [0.25, 0.3) is 5.91 Å². The number of rotatable bonds is 4. The number of nitrogens with two attached hydrogens (primary N) is 1. The lowest BCUT2D eigenvalue weighted by Crippen LogP contribution is -2.62. The predicted octanol–water partition coefficient (Wildman–Crippen LogP) is 2.16. The molecule has 0 unspecified atom stereocenters. The van der Waals surface area contributed by atoms with Crippen molar-refractivity contribution in [2.24, 2.45) is 16.6 Å². The number of ether oxygens (including phenoxy) is 1. The lowest BCUT2D eigenvalue weighted by molar-refractivity contribution is 0.102. The van der Waals surface area contributed by atoms with Gasteiger partial charge in [0, 0.05) is 11.3 Å². The van der Waals surface area contributed by atoms with Crippen LogP contribution in [0.1, 0.15) is 35.8 Å². The number of aromatic nitrogens is 1. The number of aliphatic imine (C=N–C) groups is 1. The molecule has 1 saturated heterocycles. The molecule has 3 N–H and O–H groups in total. The number of carbonyl (C=O) groups excluding carboxylic acids is 1. The number of nitrogens with zero attached hydrogens (tertiary/aromatic N) is 2. The Hall–Kier alpha value is -2.92. The summed E-state index contributed by atoms with van der Waals surface area (Å²) in [7, 11) is -3.87. The SMILES string of the molecule is C[C@]1(C2CC2)C(N)=N[C@@]2(c3cc(NC(=O)c4ccc(F)cn4)ccc3F)COC[C@H]2S1(=O)=O. The van der Waals surface area contributed by atoms with Crippen LogP contribution in [0.25, 0.3) is 0 Å². The van der Waals surface area contributed by atoms with Crippen molar-refractivity contribution < 1.29 is 26.7 Å². The lowest BCUT2D eigenvalue weighted by Gasteiger charge is -2.43. The normalized spacial score (nSPS) is 30.4. The zero-order valence-corrected chi connectivity index (χ0v) is 18.5. The van der Waals surface area contributed by atoms with Crippen molar-refractivity contribution in [2.75, 3.05) is 18.5 Å². The first kappa shape index (κ1) is 21.9. The fourth-order valence-corrected chi connectivity index (χ4v) is 7.46. The van der Waals surface area contributed by atoms with Crippen LogP contribution < -0.4 is 11.1 Å². The molecule has 8 nitrogen and oxygen atoms in total. The minimum Gasteiger partial charge on any atom is -0.386 e. The van der Waals surface area contributed by atoms with Crippen LogP contribution in [0.5, 0.6) is 0 Å². The first-order valence-corrected chi connectivity index (χ1v) is 12.0. The molecule has 3 aliphatic rings. The monoisotopic (exact) mass is 476 g/mol. The number of benzene rings is 1. The Balaban J connectivity index is 1.57. The summed E-state index contributed by atoms with van der Waals surface area (Å²) in [5.74, 6) is -2.08. The van der Waals surface area contributed by atoms with Gasteiger partial charge in [-0.25, -0.2) is 22.2 Å². The van der Waals surface area contributed by atoms with E-state index in [1.54, 1.807) is 6.92 Å². The fraction of sp³-hybridized carbons (Fsp3) is 0.409. The van der Waals surface area contributed by atoms with Crippen LogP contribution in [0.3, 0.4) is 0 Å². The molecule has 1 aliphatic carbocycles. The molecule has 1 saturated carbocycles. The number of carbonyl (C=O) groups is 1. The zero-order valence-electron chi connectivity index (χ0n) is 17.7. The van der Waals surface area contributed by atoms with Gasteiger partial charge in [-0.1, -0.05) is 0 Å². The maximum absolute atomic E-state index is 15.1. The minimum atomic E-state index is -3.87. The van der Waals surface area contributed by atoms with E-state index in [0.29, 0.717) is 0 Å². The van der Waals surface area contributed by atoms with Crippen molar-refractivity contribution in [3.8, 4) is 0 Å². The Kier molecular flexibility index (Phi) is 4.84. The van der Waals surface area contributed by atoms with Gasteiger partial charge in [0.15, 0.2) is 9.84 Å². The van der Waals surface area contributed by atoms with Gasteiger partial charge in [-0.2, -0.15) is 0 Å². The number of amidine groups is 1. The number of nitrogens with one attached hydrogen (secondary N) is 1. The van der Waals surface area contributed by atoms with E-state index in [-0.39, 0.29) is 41.9 Å².